The second kappa shape index (κ2) is 8.32. The number of carboxylic acid groups (broad SMARTS) is 1. The molecule has 1 N–H and O–H groups in total. The molecule has 0 heterocycles. The van der Waals surface area contributed by atoms with Crippen LogP contribution in [0.25, 0.3) is 0 Å². The van der Waals surface area contributed by atoms with Crippen LogP contribution in [0.3, 0.4) is 0 Å². The minimum absolute atomic E-state index is 0.105. The highest BCUT2D eigenvalue weighted by atomic mass is 32.2. The Morgan fingerprint density at radius 2 is 2.10 bits per heavy atom. The summed E-state index contributed by atoms with van der Waals surface area (Å²) in [5.74, 6) is 1.31. The lowest BCUT2D eigenvalue weighted by Gasteiger charge is -2.25. The number of carbonyl (C=O) groups is 1. The molecular formula is C17H24O3S. The third kappa shape index (κ3) is 5.62. The van der Waals surface area contributed by atoms with Gasteiger partial charge in [-0.05, 0) is 62.5 Å². The first-order chi connectivity index (χ1) is 10.1. The van der Waals surface area contributed by atoms with Gasteiger partial charge in [0.15, 0.2) is 0 Å². The average molecular weight is 308 g/mol. The quantitative estimate of drug-likeness (QED) is 0.769. The van der Waals surface area contributed by atoms with Crippen LogP contribution >= 0.6 is 11.8 Å². The van der Waals surface area contributed by atoms with Crippen LogP contribution in [0, 0.1) is 12.8 Å². The highest BCUT2D eigenvalue weighted by Crippen LogP contribution is 2.32. The van der Waals surface area contributed by atoms with Crippen molar-refractivity contribution in [2.45, 2.75) is 44.3 Å². The van der Waals surface area contributed by atoms with Gasteiger partial charge in [0.2, 0.25) is 0 Å². The Kier molecular flexibility index (Phi) is 6.43. The Morgan fingerprint density at radius 1 is 1.33 bits per heavy atom. The van der Waals surface area contributed by atoms with Crippen molar-refractivity contribution in [3.63, 3.8) is 0 Å². The molecule has 0 aliphatic heterocycles. The summed E-state index contributed by atoms with van der Waals surface area (Å²) < 4.78 is 5.73. The van der Waals surface area contributed by atoms with E-state index in [1.807, 2.05) is 23.9 Å². The maximum Gasteiger partial charge on any atom is 0.306 e. The van der Waals surface area contributed by atoms with E-state index in [4.69, 9.17) is 9.84 Å². The lowest BCUT2D eigenvalue weighted by atomic mass is 9.89. The zero-order valence-corrected chi connectivity index (χ0v) is 13.4. The summed E-state index contributed by atoms with van der Waals surface area (Å²) in [4.78, 5) is 10.9. The predicted molar refractivity (Wildman–Crippen MR) is 87.1 cm³/mol. The van der Waals surface area contributed by atoms with Gasteiger partial charge in [0, 0.05) is 5.25 Å². The summed E-state index contributed by atoms with van der Waals surface area (Å²) in [5.41, 5.74) is 1.22. The molecule has 0 saturated heterocycles. The van der Waals surface area contributed by atoms with Crippen molar-refractivity contribution in [1.82, 2.24) is 0 Å². The molecule has 2 rings (SSSR count). The molecule has 0 spiro atoms. The van der Waals surface area contributed by atoms with E-state index >= 15 is 0 Å². The normalized spacial score (nSPS) is 22.0. The van der Waals surface area contributed by atoms with Gasteiger partial charge in [0.05, 0.1) is 12.5 Å². The van der Waals surface area contributed by atoms with Crippen molar-refractivity contribution in [2.75, 3.05) is 12.4 Å². The SMILES string of the molecule is Cc1cccc(OCCCSC2CCC(C(=O)O)CC2)c1. The number of thioether (sulfide) groups is 1. The molecule has 0 atom stereocenters. The molecule has 0 unspecified atom stereocenters. The third-order valence-corrected chi connectivity index (χ3v) is 5.39. The number of benzene rings is 1. The number of aliphatic carboxylic acids is 1. The van der Waals surface area contributed by atoms with Gasteiger partial charge in [-0.2, -0.15) is 11.8 Å². The van der Waals surface area contributed by atoms with Crippen LogP contribution in [0.2, 0.25) is 0 Å². The molecule has 21 heavy (non-hydrogen) atoms. The maximum absolute atomic E-state index is 10.9. The first-order valence-electron chi connectivity index (χ1n) is 7.69. The molecule has 1 aliphatic rings. The average Bonchev–Trinajstić information content (AvgIpc) is 2.47. The van der Waals surface area contributed by atoms with Crippen LogP contribution in [0.15, 0.2) is 24.3 Å². The van der Waals surface area contributed by atoms with Crippen LogP contribution in [-0.2, 0) is 4.79 Å². The fraction of sp³-hybridized carbons (Fsp3) is 0.588. The summed E-state index contributed by atoms with van der Waals surface area (Å²) in [6, 6.07) is 8.13. The van der Waals surface area contributed by atoms with Gasteiger partial charge >= 0.3 is 5.97 Å². The van der Waals surface area contributed by atoms with E-state index in [1.165, 1.54) is 5.56 Å². The van der Waals surface area contributed by atoms with Crippen LogP contribution < -0.4 is 4.74 Å². The van der Waals surface area contributed by atoms with Gasteiger partial charge in [-0.3, -0.25) is 4.79 Å². The highest BCUT2D eigenvalue weighted by molar-refractivity contribution is 7.99. The minimum atomic E-state index is -0.620. The number of carboxylic acids is 1. The van der Waals surface area contributed by atoms with E-state index in [0.717, 1.165) is 50.2 Å². The van der Waals surface area contributed by atoms with Gasteiger partial charge in [-0.25, -0.2) is 0 Å². The Bertz CT molecular complexity index is 453. The molecule has 1 saturated carbocycles. The smallest absolute Gasteiger partial charge is 0.306 e. The Labute approximate surface area is 131 Å². The Balaban J connectivity index is 1.55. The van der Waals surface area contributed by atoms with Gasteiger partial charge in [0.1, 0.15) is 5.75 Å². The molecule has 1 aromatic rings. The molecule has 1 aliphatic carbocycles. The first-order valence-corrected chi connectivity index (χ1v) is 8.74. The van der Waals surface area contributed by atoms with Crippen molar-refractivity contribution in [3.05, 3.63) is 29.8 Å². The zero-order valence-electron chi connectivity index (χ0n) is 12.6. The Morgan fingerprint density at radius 3 is 2.76 bits per heavy atom. The largest absolute Gasteiger partial charge is 0.494 e. The van der Waals surface area contributed by atoms with Gasteiger partial charge in [-0.15, -0.1) is 0 Å². The predicted octanol–water partition coefficient (Wildman–Crippen LogP) is 4.14. The second-order valence-corrected chi connectivity index (χ2v) is 7.11. The number of hydrogen-bond donors (Lipinski definition) is 1. The molecule has 0 aromatic heterocycles. The topological polar surface area (TPSA) is 46.5 Å². The molecule has 1 aromatic carbocycles. The van der Waals surface area contributed by atoms with Gasteiger partial charge in [-0.1, -0.05) is 12.1 Å². The molecule has 3 nitrogen and oxygen atoms in total. The minimum Gasteiger partial charge on any atom is -0.494 e. The van der Waals surface area contributed by atoms with Crippen LogP contribution in [0.5, 0.6) is 5.75 Å². The van der Waals surface area contributed by atoms with Crippen molar-refractivity contribution in [1.29, 1.82) is 0 Å². The van der Waals surface area contributed by atoms with Crippen LogP contribution in [-0.4, -0.2) is 28.7 Å². The molecule has 0 radical (unpaired) electrons. The number of ether oxygens (including phenoxy) is 1. The second-order valence-electron chi connectivity index (χ2n) is 5.70. The molecule has 1 fully saturated rings. The number of aryl methyl sites for hydroxylation is 1. The molecule has 0 amide bonds. The third-order valence-electron chi connectivity index (χ3n) is 3.92. The summed E-state index contributed by atoms with van der Waals surface area (Å²) in [7, 11) is 0. The van der Waals surface area contributed by atoms with Crippen LogP contribution in [0.1, 0.15) is 37.7 Å². The van der Waals surface area contributed by atoms with Crippen molar-refractivity contribution >= 4 is 17.7 Å². The Hall–Kier alpha value is -1.16. The number of hydrogen-bond acceptors (Lipinski definition) is 3. The number of rotatable bonds is 7. The summed E-state index contributed by atoms with van der Waals surface area (Å²) in [6.07, 6.45) is 4.80. The van der Waals surface area contributed by atoms with E-state index in [2.05, 4.69) is 19.1 Å². The van der Waals surface area contributed by atoms with Crippen molar-refractivity contribution < 1.29 is 14.6 Å². The lowest BCUT2D eigenvalue weighted by molar-refractivity contribution is -0.142. The molecule has 0 bridgehead atoms. The van der Waals surface area contributed by atoms with Crippen LogP contribution in [0.4, 0.5) is 0 Å². The van der Waals surface area contributed by atoms with E-state index in [-0.39, 0.29) is 5.92 Å². The fourth-order valence-corrected chi connectivity index (χ4v) is 3.90. The summed E-state index contributed by atoms with van der Waals surface area (Å²) >= 11 is 1.98. The van der Waals surface area contributed by atoms with Crippen molar-refractivity contribution in [2.24, 2.45) is 5.92 Å². The molecular weight excluding hydrogens is 284 g/mol. The van der Waals surface area contributed by atoms with Crippen molar-refractivity contribution in [3.8, 4) is 5.75 Å². The zero-order chi connectivity index (χ0) is 15.1. The molecule has 4 heteroatoms. The van der Waals surface area contributed by atoms with E-state index < -0.39 is 5.97 Å². The summed E-state index contributed by atoms with van der Waals surface area (Å²) in [6.45, 7) is 2.82. The first kappa shape index (κ1) is 16.2. The lowest BCUT2D eigenvalue weighted by Crippen LogP contribution is -2.22. The van der Waals surface area contributed by atoms with E-state index in [1.54, 1.807) is 0 Å². The van der Waals surface area contributed by atoms with E-state index in [9.17, 15) is 4.79 Å². The monoisotopic (exact) mass is 308 g/mol. The van der Waals surface area contributed by atoms with E-state index in [0.29, 0.717) is 5.25 Å². The van der Waals surface area contributed by atoms with Gasteiger partial charge < -0.3 is 9.84 Å². The summed E-state index contributed by atoms with van der Waals surface area (Å²) in [5, 5.41) is 9.61. The molecule has 116 valence electrons. The van der Waals surface area contributed by atoms with Gasteiger partial charge in [0.25, 0.3) is 0 Å². The highest BCUT2D eigenvalue weighted by Gasteiger charge is 2.25. The fourth-order valence-electron chi connectivity index (χ4n) is 2.68. The maximum atomic E-state index is 10.9. The standard InChI is InChI=1S/C17H24O3S/c1-13-4-2-5-15(12-13)20-10-3-11-21-16-8-6-14(7-9-16)17(18)19/h2,4-5,12,14,16H,3,6-11H2,1H3,(H,18,19).